The quantitative estimate of drug-likeness (QED) is 0.685. The molecule has 0 bridgehead atoms. The van der Waals surface area contributed by atoms with Crippen molar-refractivity contribution >= 4 is 17.3 Å². The van der Waals surface area contributed by atoms with Crippen LogP contribution < -0.4 is 5.32 Å². The van der Waals surface area contributed by atoms with E-state index in [4.69, 9.17) is 4.74 Å². The molecular weight excluding hydrogens is 186 g/mol. The third kappa shape index (κ3) is 1.47. The zero-order valence-corrected chi connectivity index (χ0v) is 8.19. The fourth-order valence-corrected chi connectivity index (χ4v) is 2.58. The molecule has 0 radical (unpaired) electrons. The van der Waals surface area contributed by atoms with E-state index in [9.17, 15) is 4.79 Å². The van der Waals surface area contributed by atoms with Crippen LogP contribution in [0.15, 0.2) is 11.4 Å². The molecule has 0 saturated heterocycles. The molecule has 2 rings (SSSR count). The SMILES string of the molecule is COC(=O)[C@H]1NCCc2ccsc21. The number of fused-ring (bicyclic) bond motifs is 1. The summed E-state index contributed by atoms with van der Waals surface area (Å²) in [6.45, 7) is 0.851. The minimum absolute atomic E-state index is 0.191. The van der Waals surface area contributed by atoms with E-state index in [0.717, 1.165) is 17.8 Å². The number of hydrogen-bond donors (Lipinski definition) is 1. The lowest BCUT2D eigenvalue weighted by Crippen LogP contribution is -2.34. The molecule has 70 valence electrons. The van der Waals surface area contributed by atoms with Crippen LogP contribution in [0.5, 0.6) is 0 Å². The Kier molecular flexibility index (Phi) is 2.33. The molecule has 2 heterocycles. The molecule has 13 heavy (non-hydrogen) atoms. The number of thiophene rings is 1. The first-order valence-electron chi connectivity index (χ1n) is 4.20. The maximum absolute atomic E-state index is 11.3. The van der Waals surface area contributed by atoms with Gasteiger partial charge in [-0.3, -0.25) is 5.32 Å². The van der Waals surface area contributed by atoms with E-state index >= 15 is 0 Å². The van der Waals surface area contributed by atoms with Gasteiger partial charge in [-0.25, -0.2) is 4.79 Å². The van der Waals surface area contributed by atoms with E-state index in [2.05, 4.69) is 11.4 Å². The Labute approximate surface area is 80.7 Å². The van der Waals surface area contributed by atoms with Gasteiger partial charge in [0.25, 0.3) is 0 Å². The van der Waals surface area contributed by atoms with Crippen LogP contribution in [0.4, 0.5) is 0 Å². The lowest BCUT2D eigenvalue weighted by Gasteiger charge is -2.21. The first kappa shape index (κ1) is 8.72. The fraction of sp³-hybridized carbons (Fsp3) is 0.444. The molecule has 0 unspecified atom stereocenters. The smallest absolute Gasteiger partial charge is 0.328 e. The Bertz CT molecular complexity index is 321. The van der Waals surface area contributed by atoms with Crippen LogP contribution in [-0.2, 0) is 16.0 Å². The number of carbonyl (C=O) groups excluding carboxylic acids is 1. The second-order valence-corrected chi connectivity index (χ2v) is 3.92. The number of ether oxygens (including phenoxy) is 1. The molecule has 1 aromatic heterocycles. The van der Waals surface area contributed by atoms with Crippen LogP contribution >= 0.6 is 11.3 Å². The van der Waals surface area contributed by atoms with E-state index in [1.54, 1.807) is 11.3 Å². The molecule has 0 aliphatic carbocycles. The van der Waals surface area contributed by atoms with Crippen molar-refractivity contribution in [3.05, 3.63) is 21.9 Å². The highest BCUT2D eigenvalue weighted by atomic mass is 32.1. The summed E-state index contributed by atoms with van der Waals surface area (Å²) >= 11 is 1.61. The molecule has 4 heteroatoms. The van der Waals surface area contributed by atoms with Crippen LogP contribution in [0, 0.1) is 0 Å². The van der Waals surface area contributed by atoms with Gasteiger partial charge in [0.1, 0.15) is 6.04 Å². The molecule has 1 N–H and O–H groups in total. The first-order valence-corrected chi connectivity index (χ1v) is 5.08. The zero-order chi connectivity index (χ0) is 9.26. The Morgan fingerprint density at radius 3 is 3.38 bits per heavy atom. The van der Waals surface area contributed by atoms with Crippen molar-refractivity contribution in [1.82, 2.24) is 5.32 Å². The van der Waals surface area contributed by atoms with E-state index in [-0.39, 0.29) is 12.0 Å². The van der Waals surface area contributed by atoms with Crippen molar-refractivity contribution in [1.29, 1.82) is 0 Å². The second-order valence-electron chi connectivity index (χ2n) is 2.97. The lowest BCUT2D eigenvalue weighted by molar-refractivity contribution is -0.143. The van der Waals surface area contributed by atoms with Gasteiger partial charge >= 0.3 is 5.97 Å². The van der Waals surface area contributed by atoms with Gasteiger partial charge in [0.2, 0.25) is 0 Å². The van der Waals surface area contributed by atoms with Crippen molar-refractivity contribution in [2.24, 2.45) is 0 Å². The van der Waals surface area contributed by atoms with Gasteiger partial charge in [-0.2, -0.15) is 0 Å². The summed E-state index contributed by atoms with van der Waals surface area (Å²) in [5, 5.41) is 5.17. The Morgan fingerprint density at radius 1 is 1.77 bits per heavy atom. The number of carbonyl (C=O) groups is 1. The second kappa shape index (κ2) is 3.47. The average Bonchev–Trinajstić information content (AvgIpc) is 2.63. The van der Waals surface area contributed by atoms with E-state index in [0.29, 0.717) is 0 Å². The van der Waals surface area contributed by atoms with Crippen LogP contribution in [0.3, 0.4) is 0 Å². The number of methoxy groups -OCH3 is 1. The molecule has 1 aromatic rings. The van der Waals surface area contributed by atoms with Crippen molar-refractivity contribution in [2.45, 2.75) is 12.5 Å². The Hall–Kier alpha value is -0.870. The van der Waals surface area contributed by atoms with Crippen LogP contribution in [0.2, 0.25) is 0 Å². The average molecular weight is 197 g/mol. The molecule has 0 fully saturated rings. The molecular formula is C9H11NO2S. The zero-order valence-electron chi connectivity index (χ0n) is 7.37. The number of nitrogens with one attached hydrogen (secondary N) is 1. The molecule has 1 aliphatic heterocycles. The van der Waals surface area contributed by atoms with Gasteiger partial charge in [0.15, 0.2) is 0 Å². The highest BCUT2D eigenvalue weighted by Gasteiger charge is 2.27. The number of esters is 1. The third-order valence-electron chi connectivity index (χ3n) is 2.22. The van der Waals surface area contributed by atoms with Crippen molar-refractivity contribution in [3.8, 4) is 0 Å². The normalized spacial score (nSPS) is 20.8. The monoisotopic (exact) mass is 197 g/mol. The molecule has 0 spiro atoms. The van der Waals surface area contributed by atoms with Gasteiger partial charge in [-0.05, 0) is 23.4 Å². The van der Waals surface area contributed by atoms with Gasteiger partial charge in [0, 0.05) is 11.4 Å². The van der Waals surface area contributed by atoms with Crippen LogP contribution in [0.1, 0.15) is 16.5 Å². The lowest BCUT2D eigenvalue weighted by atomic mass is 10.0. The Balaban J connectivity index is 2.30. The molecule has 1 aliphatic rings. The van der Waals surface area contributed by atoms with E-state index < -0.39 is 0 Å². The van der Waals surface area contributed by atoms with Gasteiger partial charge in [-0.1, -0.05) is 0 Å². The number of hydrogen-bond acceptors (Lipinski definition) is 4. The fourth-order valence-electron chi connectivity index (χ4n) is 1.56. The summed E-state index contributed by atoms with van der Waals surface area (Å²) in [7, 11) is 1.42. The molecule has 0 amide bonds. The minimum Gasteiger partial charge on any atom is -0.468 e. The van der Waals surface area contributed by atoms with Crippen LogP contribution in [-0.4, -0.2) is 19.6 Å². The molecule has 1 atom stereocenters. The molecule has 0 aromatic carbocycles. The van der Waals surface area contributed by atoms with Gasteiger partial charge < -0.3 is 4.74 Å². The first-order chi connectivity index (χ1) is 6.33. The highest BCUT2D eigenvalue weighted by molar-refractivity contribution is 7.10. The van der Waals surface area contributed by atoms with Crippen molar-refractivity contribution in [3.63, 3.8) is 0 Å². The topological polar surface area (TPSA) is 38.3 Å². The third-order valence-corrected chi connectivity index (χ3v) is 3.25. The summed E-state index contributed by atoms with van der Waals surface area (Å²) < 4.78 is 4.72. The predicted octanol–water partition coefficient (Wildman–Crippen LogP) is 1.11. The standard InChI is InChI=1S/C9H11NO2S/c1-12-9(11)7-8-6(2-4-10-7)3-5-13-8/h3,5,7,10H,2,4H2,1H3/t7-/m0/s1. The summed E-state index contributed by atoms with van der Waals surface area (Å²) in [5.41, 5.74) is 1.28. The maximum atomic E-state index is 11.3. The summed E-state index contributed by atoms with van der Waals surface area (Å²) in [4.78, 5) is 12.5. The largest absolute Gasteiger partial charge is 0.468 e. The Morgan fingerprint density at radius 2 is 2.62 bits per heavy atom. The van der Waals surface area contributed by atoms with Gasteiger partial charge in [-0.15, -0.1) is 11.3 Å². The molecule has 3 nitrogen and oxygen atoms in total. The summed E-state index contributed by atoms with van der Waals surface area (Å²) in [5.74, 6) is -0.191. The van der Waals surface area contributed by atoms with Crippen molar-refractivity contribution < 1.29 is 9.53 Å². The predicted molar refractivity (Wildman–Crippen MR) is 50.8 cm³/mol. The van der Waals surface area contributed by atoms with E-state index in [1.807, 2.05) is 5.38 Å². The molecule has 0 saturated carbocycles. The highest BCUT2D eigenvalue weighted by Crippen LogP contribution is 2.28. The van der Waals surface area contributed by atoms with Crippen molar-refractivity contribution in [2.75, 3.05) is 13.7 Å². The summed E-state index contributed by atoms with van der Waals surface area (Å²) in [6, 6.07) is 1.84. The van der Waals surface area contributed by atoms with Gasteiger partial charge in [0.05, 0.1) is 7.11 Å². The minimum atomic E-state index is -0.242. The summed E-state index contributed by atoms with van der Waals surface area (Å²) in [6.07, 6.45) is 1.01. The van der Waals surface area contributed by atoms with E-state index in [1.165, 1.54) is 12.7 Å². The van der Waals surface area contributed by atoms with Crippen LogP contribution in [0.25, 0.3) is 0 Å². The number of rotatable bonds is 1. The maximum Gasteiger partial charge on any atom is 0.328 e.